The van der Waals surface area contributed by atoms with Gasteiger partial charge in [-0.3, -0.25) is 0 Å². The number of hydrogen-bond donors (Lipinski definition) is 1. The van der Waals surface area contributed by atoms with Crippen LogP contribution in [0.25, 0.3) is 0 Å². The van der Waals surface area contributed by atoms with Gasteiger partial charge in [-0.2, -0.15) is 0 Å². The lowest BCUT2D eigenvalue weighted by molar-refractivity contribution is 0.424. The minimum Gasteiger partial charge on any atom is -0.371 e. The zero-order valence-corrected chi connectivity index (χ0v) is 14.3. The first kappa shape index (κ1) is 17.3. The molecule has 0 bridgehead atoms. The second-order valence-electron chi connectivity index (χ2n) is 6.36. The van der Waals surface area contributed by atoms with E-state index in [2.05, 4.69) is 57.0 Å². The third kappa shape index (κ3) is 5.72. The fourth-order valence-corrected chi connectivity index (χ4v) is 2.40. The van der Waals surface area contributed by atoms with E-state index in [1.807, 2.05) is 6.07 Å². The highest BCUT2D eigenvalue weighted by molar-refractivity contribution is 6.30. The molecule has 1 rings (SSSR count). The summed E-state index contributed by atoms with van der Waals surface area (Å²) in [6, 6.07) is 6.24. The lowest BCUT2D eigenvalue weighted by Crippen LogP contribution is -2.36. The van der Waals surface area contributed by atoms with Crippen molar-refractivity contribution in [3.8, 4) is 0 Å². The minimum absolute atomic E-state index is 0.122. The minimum atomic E-state index is 0.122. The van der Waals surface area contributed by atoms with Gasteiger partial charge in [0, 0.05) is 35.9 Å². The van der Waals surface area contributed by atoms with Crippen LogP contribution < -0.4 is 10.2 Å². The van der Waals surface area contributed by atoms with E-state index in [0.717, 1.165) is 37.5 Å². The second-order valence-corrected chi connectivity index (χ2v) is 6.80. The van der Waals surface area contributed by atoms with Crippen molar-refractivity contribution in [2.24, 2.45) is 0 Å². The summed E-state index contributed by atoms with van der Waals surface area (Å²) in [5.74, 6) is 0. The normalized spacial score (nSPS) is 11.7. The smallest absolute Gasteiger partial charge is 0.0426 e. The average Bonchev–Trinajstić information content (AvgIpc) is 2.36. The highest BCUT2D eigenvalue weighted by Crippen LogP contribution is 2.26. The Labute approximate surface area is 129 Å². The fourth-order valence-electron chi connectivity index (χ4n) is 2.23. The van der Waals surface area contributed by atoms with Gasteiger partial charge in [-0.05, 0) is 51.3 Å². The van der Waals surface area contributed by atoms with E-state index in [9.17, 15) is 0 Å². The van der Waals surface area contributed by atoms with Crippen molar-refractivity contribution < 1.29 is 0 Å². The first-order valence-corrected chi connectivity index (χ1v) is 8.03. The molecule has 0 radical (unpaired) electrons. The highest BCUT2D eigenvalue weighted by Gasteiger charge is 2.14. The molecule has 1 aromatic carbocycles. The van der Waals surface area contributed by atoms with Crippen LogP contribution in [0.4, 0.5) is 5.69 Å². The van der Waals surface area contributed by atoms with Crippen LogP contribution in [0.3, 0.4) is 0 Å². The molecule has 3 heteroatoms. The number of anilines is 1. The summed E-state index contributed by atoms with van der Waals surface area (Å²) in [5, 5.41) is 4.38. The van der Waals surface area contributed by atoms with E-state index in [1.165, 1.54) is 11.3 Å². The Morgan fingerprint density at radius 2 is 1.70 bits per heavy atom. The van der Waals surface area contributed by atoms with E-state index in [4.69, 9.17) is 11.6 Å². The van der Waals surface area contributed by atoms with Crippen LogP contribution in [0, 0.1) is 0 Å². The van der Waals surface area contributed by atoms with E-state index in [1.54, 1.807) is 0 Å². The Kier molecular flexibility index (Phi) is 6.84. The first-order chi connectivity index (χ1) is 9.37. The molecule has 0 spiro atoms. The molecule has 1 aromatic rings. The van der Waals surface area contributed by atoms with Gasteiger partial charge in [0.1, 0.15) is 0 Å². The zero-order valence-electron chi connectivity index (χ0n) is 13.6. The number of rotatable bonds is 7. The number of nitrogens with one attached hydrogen (secondary N) is 1. The van der Waals surface area contributed by atoms with E-state index in [-0.39, 0.29) is 5.54 Å². The Morgan fingerprint density at radius 1 is 1.10 bits per heavy atom. The monoisotopic (exact) mass is 296 g/mol. The SMILES string of the molecule is CCCN(CCC)c1cc(Cl)ccc1CNC(C)(C)C. The lowest BCUT2D eigenvalue weighted by Gasteiger charge is -2.28. The van der Waals surface area contributed by atoms with Crippen molar-refractivity contribution in [1.29, 1.82) is 0 Å². The van der Waals surface area contributed by atoms with Crippen LogP contribution in [0.15, 0.2) is 18.2 Å². The van der Waals surface area contributed by atoms with Crippen molar-refractivity contribution in [3.63, 3.8) is 0 Å². The number of hydrogen-bond acceptors (Lipinski definition) is 2. The maximum Gasteiger partial charge on any atom is 0.0426 e. The van der Waals surface area contributed by atoms with Gasteiger partial charge in [-0.15, -0.1) is 0 Å². The molecule has 114 valence electrons. The molecule has 20 heavy (non-hydrogen) atoms. The number of nitrogens with zero attached hydrogens (tertiary/aromatic N) is 1. The standard InChI is InChI=1S/C17H29ClN2/c1-6-10-20(11-7-2)16-12-15(18)9-8-14(16)13-19-17(3,4)5/h8-9,12,19H,6-7,10-11,13H2,1-5H3. The molecule has 0 heterocycles. The Balaban J connectivity index is 2.98. The molecule has 0 aliphatic carbocycles. The largest absolute Gasteiger partial charge is 0.371 e. The summed E-state index contributed by atoms with van der Waals surface area (Å²) in [6.45, 7) is 14.1. The highest BCUT2D eigenvalue weighted by atomic mass is 35.5. The summed E-state index contributed by atoms with van der Waals surface area (Å²) in [7, 11) is 0. The van der Waals surface area contributed by atoms with E-state index >= 15 is 0 Å². The van der Waals surface area contributed by atoms with Gasteiger partial charge >= 0.3 is 0 Å². The van der Waals surface area contributed by atoms with Gasteiger partial charge < -0.3 is 10.2 Å². The van der Waals surface area contributed by atoms with E-state index < -0.39 is 0 Å². The van der Waals surface area contributed by atoms with Crippen LogP contribution in [-0.2, 0) is 6.54 Å². The van der Waals surface area contributed by atoms with Crippen molar-refractivity contribution in [2.45, 2.75) is 59.5 Å². The van der Waals surface area contributed by atoms with Crippen LogP contribution in [-0.4, -0.2) is 18.6 Å². The van der Waals surface area contributed by atoms with Crippen LogP contribution >= 0.6 is 11.6 Å². The molecule has 0 saturated carbocycles. The van der Waals surface area contributed by atoms with Crippen LogP contribution in [0.1, 0.15) is 53.0 Å². The fraction of sp³-hybridized carbons (Fsp3) is 0.647. The number of benzene rings is 1. The molecular formula is C17H29ClN2. The van der Waals surface area contributed by atoms with Crippen molar-refractivity contribution in [1.82, 2.24) is 5.32 Å². The lowest BCUT2D eigenvalue weighted by atomic mass is 10.1. The van der Waals surface area contributed by atoms with Gasteiger partial charge in [0.05, 0.1) is 0 Å². The van der Waals surface area contributed by atoms with Crippen LogP contribution in [0.5, 0.6) is 0 Å². The molecule has 0 saturated heterocycles. The molecule has 0 fully saturated rings. The summed E-state index contributed by atoms with van der Waals surface area (Å²) in [4.78, 5) is 2.45. The molecule has 0 aliphatic rings. The zero-order chi connectivity index (χ0) is 15.2. The molecule has 0 amide bonds. The van der Waals surface area contributed by atoms with Gasteiger partial charge in [0.2, 0.25) is 0 Å². The van der Waals surface area contributed by atoms with Gasteiger partial charge in [0.25, 0.3) is 0 Å². The summed E-state index contributed by atoms with van der Waals surface area (Å²) in [5.41, 5.74) is 2.72. The average molecular weight is 297 g/mol. The Hall–Kier alpha value is -0.730. The Bertz CT molecular complexity index is 404. The maximum absolute atomic E-state index is 6.20. The third-order valence-corrected chi connectivity index (χ3v) is 3.42. The predicted molar refractivity (Wildman–Crippen MR) is 90.8 cm³/mol. The summed E-state index contributed by atoms with van der Waals surface area (Å²) >= 11 is 6.20. The Morgan fingerprint density at radius 3 is 2.20 bits per heavy atom. The van der Waals surface area contributed by atoms with E-state index in [0.29, 0.717) is 0 Å². The van der Waals surface area contributed by atoms with Crippen molar-refractivity contribution >= 4 is 17.3 Å². The first-order valence-electron chi connectivity index (χ1n) is 7.65. The second kappa shape index (κ2) is 7.90. The topological polar surface area (TPSA) is 15.3 Å². The third-order valence-electron chi connectivity index (χ3n) is 3.18. The van der Waals surface area contributed by atoms with Crippen molar-refractivity contribution in [2.75, 3.05) is 18.0 Å². The van der Waals surface area contributed by atoms with Crippen molar-refractivity contribution in [3.05, 3.63) is 28.8 Å². The van der Waals surface area contributed by atoms with Crippen LogP contribution in [0.2, 0.25) is 5.02 Å². The predicted octanol–water partition coefficient (Wildman–Crippen LogP) is 4.85. The molecule has 1 N–H and O–H groups in total. The molecule has 0 unspecified atom stereocenters. The summed E-state index contributed by atoms with van der Waals surface area (Å²) < 4.78 is 0. The molecule has 0 atom stereocenters. The quantitative estimate of drug-likeness (QED) is 0.773. The molecule has 2 nitrogen and oxygen atoms in total. The maximum atomic E-state index is 6.20. The van der Waals surface area contributed by atoms with Gasteiger partial charge in [-0.1, -0.05) is 31.5 Å². The summed E-state index contributed by atoms with van der Waals surface area (Å²) in [6.07, 6.45) is 2.30. The molecule has 0 aliphatic heterocycles. The number of halogens is 1. The van der Waals surface area contributed by atoms with Gasteiger partial charge in [0.15, 0.2) is 0 Å². The van der Waals surface area contributed by atoms with Gasteiger partial charge in [-0.25, -0.2) is 0 Å². The molecular weight excluding hydrogens is 268 g/mol. The molecule has 0 aromatic heterocycles.